The Balaban J connectivity index is 3.16. The second-order valence-corrected chi connectivity index (χ2v) is 5.54. The van der Waals surface area contributed by atoms with Crippen molar-refractivity contribution in [1.29, 1.82) is 0 Å². The number of sulfonamides is 1. The molecule has 0 amide bonds. The van der Waals surface area contributed by atoms with Gasteiger partial charge in [0.1, 0.15) is 0 Å². The van der Waals surface area contributed by atoms with Gasteiger partial charge in [0, 0.05) is 6.54 Å². The van der Waals surface area contributed by atoms with E-state index < -0.39 is 26.6 Å². The minimum Gasteiger partial charge on any atom is -0.409 e. The highest BCUT2D eigenvalue weighted by Gasteiger charge is 2.25. The van der Waals surface area contributed by atoms with E-state index in [0.717, 1.165) is 16.4 Å². The molecule has 0 aliphatic heterocycles. The summed E-state index contributed by atoms with van der Waals surface area (Å²) in [6.45, 7) is 1.20. The van der Waals surface area contributed by atoms with Gasteiger partial charge in [-0.15, -0.1) is 0 Å². The first-order valence-corrected chi connectivity index (χ1v) is 6.68. The molecular formula is C10H13F2N3O3S. The first kappa shape index (κ1) is 15.3. The van der Waals surface area contributed by atoms with Gasteiger partial charge in [-0.3, -0.25) is 0 Å². The van der Waals surface area contributed by atoms with Gasteiger partial charge in [0.2, 0.25) is 10.0 Å². The fourth-order valence-corrected chi connectivity index (χ4v) is 2.80. The lowest BCUT2D eigenvalue weighted by molar-refractivity contribution is 0.315. The summed E-state index contributed by atoms with van der Waals surface area (Å²) in [4.78, 5) is -0.404. The van der Waals surface area contributed by atoms with Crippen molar-refractivity contribution in [2.45, 2.75) is 11.8 Å². The average Bonchev–Trinajstić information content (AvgIpc) is 2.38. The topological polar surface area (TPSA) is 96.0 Å². The van der Waals surface area contributed by atoms with Crippen molar-refractivity contribution in [3.05, 3.63) is 29.8 Å². The summed E-state index contributed by atoms with van der Waals surface area (Å²) in [5, 5.41) is 11.1. The van der Waals surface area contributed by atoms with Gasteiger partial charge < -0.3 is 10.9 Å². The zero-order valence-corrected chi connectivity index (χ0v) is 10.9. The summed E-state index contributed by atoms with van der Waals surface area (Å²) in [5.41, 5.74) is 5.24. The fourth-order valence-electron chi connectivity index (χ4n) is 1.37. The van der Waals surface area contributed by atoms with Gasteiger partial charge in [0.15, 0.2) is 17.5 Å². The number of halogens is 2. The van der Waals surface area contributed by atoms with Crippen LogP contribution >= 0.6 is 0 Å². The minimum absolute atomic E-state index is 0.0253. The highest BCUT2D eigenvalue weighted by Crippen LogP contribution is 2.18. The van der Waals surface area contributed by atoms with Crippen molar-refractivity contribution >= 4 is 15.9 Å². The summed E-state index contributed by atoms with van der Waals surface area (Å²) < 4.78 is 51.0. The Morgan fingerprint density at radius 1 is 1.42 bits per heavy atom. The number of likely N-dealkylation sites (N-methyl/N-ethyl adjacent to an activating group) is 1. The van der Waals surface area contributed by atoms with Crippen molar-refractivity contribution < 1.29 is 22.4 Å². The molecule has 1 aromatic rings. The third-order valence-electron chi connectivity index (χ3n) is 2.35. The predicted molar refractivity (Wildman–Crippen MR) is 64.2 cm³/mol. The van der Waals surface area contributed by atoms with E-state index in [2.05, 4.69) is 5.16 Å². The summed E-state index contributed by atoms with van der Waals surface area (Å²) in [6.07, 6.45) is 0. The van der Waals surface area contributed by atoms with Gasteiger partial charge >= 0.3 is 0 Å². The molecule has 0 bridgehead atoms. The smallest absolute Gasteiger partial charge is 0.243 e. The van der Waals surface area contributed by atoms with E-state index >= 15 is 0 Å². The molecule has 19 heavy (non-hydrogen) atoms. The summed E-state index contributed by atoms with van der Waals surface area (Å²) in [7, 11) is -4.04. The molecule has 3 N–H and O–H groups in total. The Hall–Kier alpha value is -1.74. The van der Waals surface area contributed by atoms with Crippen molar-refractivity contribution in [2.75, 3.05) is 13.1 Å². The Kier molecular flexibility index (Phi) is 4.78. The van der Waals surface area contributed by atoms with Crippen LogP contribution in [0.15, 0.2) is 28.3 Å². The molecule has 9 heteroatoms. The number of hydrogen-bond donors (Lipinski definition) is 2. The Morgan fingerprint density at radius 3 is 2.53 bits per heavy atom. The van der Waals surface area contributed by atoms with Crippen LogP contribution in [0.1, 0.15) is 6.92 Å². The van der Waals surface area contributed by atoms with Gasteiger partial charge in [0.25, 0.3) is 0 Å². The number of oxime groups is 1. The molecule has 0 atom stereocenters. The standard InChI is InChI=1S/C10H13F2N3O3S/c1-2-15(6-10(13)14-16)19(17,18)7-3-4-8(11)9(12)5-7/h3-5,16H,2,6H2,1H3,(H2,13,14). The quantitative estimate of drug-likeness (QED) is 0.362. The maximum atomic E-state index is 13.1. The third-order valence-corrected chi connectivity index (χ3v) is 4.27. The molecule has 6 nitrogen and oxygen atoms in total. The summed E-state index contributed by atoms with van der Waals surface area (Å²) in [5.74, 6) is -2.72. The minimum atomic E-state index is -4.04. The average molecular weight is 293 g/mol. The van der Waals surface area contributed by atoms with Crippen molar-refractivity contribution in [2.24, 2.45) is 10.9 Å². The highest BCUT2D eigenvalue weighted by molar-refractivity contribution is 7.89. The first-order chi connectivity index (χ1) is 8.82. The van der Waals surface area contributed by atoms with Crippen molar-refractivity contribution in [1.82, 2.24) is 4.31 Å². The van der Waals surface area contributed by atoms with Crippen LogP contribution in [0.3, 0.4) is 0 Å². The van der Waals surface area contributed by atoms with E-state index in [1.54, 1.807) is 0 Å². The van der Waals surface area contributed by atoms with E-state index in [1.165, 1.54) is 6.92 Å². The second-order valence-electron chi connectivity index (χ2n) is 3.60. The van der Waals surface area contributed by atoms with E-state index in [9.17, 15) is 17.2 Å². The molecule has 0 spiro atoms. The van der Waals surface area contributed by atoms with Crippen LogP contribution in [-0.2, 0) is 10.0 Å². The number of benzene rings is 1. The molecule has 0 aliphatic rings. The van der Waals surface area contributed by atoms with E-state index in [4.69, 9.17) is 10.9 Å². The van der Waals surface area contributed by atoms with Crippen molar-refractivity contribution in [3.8, 4) is 0 Å². The van der Waals surface area contributed by atoms with Crippen LogP contribution in [0.2, 0.25) is 0 Å². The Labute approximate surface area is 109 Å². The Bertz CT molecular complexity index is 590. The predicted octanol–water partition coefficient (Wildman–Crippen LogP) is 0.722. The molecular weight excluding hydrogens is 280 g/mol. The van der Waals surface area contributed by atoms with Crippen LogP contribution in [0.4, 0.5) is 8.78 Å². The largest absolute Gasteiger partial charge is 0.409 e. The maximum Gasteiger partial charge on any atom is 0.243 e. The van der Waals surface area contributed by atoms with Crippen LogP contribution in [0.5, 0.6) is 0 Å². The molecule has 0 heterocycles. The second kappa shape index (κ2) is 5.93. The number of rotatable bonds is 5. The number of hydrogen-bond acceptors (Lipinski definition) is 4. The van der Waals surface area contributed by atoms with Crippen molar-refractivity contribution in [3.63, 3.8) is 0 Å². The molecule has 1 rings (SSSR count). The van der Waals surface area contributed by atoms with Gasteiger partial charge in [-0.1, -0.05) is 12.1 Å². The zero-order valence-electron chi connectivity index (χ0n) is 10.0. The lowest BCUT2D eigenvalue weighted by Gasteiger charge is -2.19. The lowest BCUT2D eigenvalue weighted by Crippen LogP contribution is -2.38. The molecule has 1 aromatic carbocycles. The van der Waals surface area contributed by atoms with Crippen LogP contribution in [0, 0.1) is 11.6 Å². The van der Waals surface area contributed by atoms with Crippen LogP contribution in [-0.4, -0.2) is 36.9 Å². The molecule has 0 saturated carbocycles. The van der Waals surface area contributed by atoms with Gasteiger partial charge in [-0.25, -0.2) is 17.2 Å². The summed E-state index contributed by atoms with van der Waals surface area (Å²) >= 11 is 0. The Morgan fingerprint density at radius 2 is 2.05 bits per heavy atom. The molecule has 106 valence electrons. The van der Waals surface area contributed by atoms with E-state index in [-0.39, 0.29) is 18.9 Å². The zero-order chi connectivity index (χ0) is 14.6. The van der Waals surface area contributed by atoms with Gasteiger partial charge in [-0.05, 0) is 18.2 Å². The number of nitrogens with two attached hydrogens (primary N) is 1. The lowest BCUT2D eigenvalue weighted by atomic mass is 10.3. The maximum absolute atomic E-state index is 13.1. The van der Waals surface area contributed by atoms with Crippen LogP contribution in [0.25, 0.3) is 0 Å². The number of amidine groups is 1. The monoisotopic (exact) mass is 293 g/mol. The molecule has 0 unspecified atom stereocenters. The SMILES string of the molecule is CCN(CC(N)=NO)S(=O)(=O)c1ccc(F)c(F)c1. The molecule has 0 aromatic heterocycles. The first-order valence-electron chi connectivity index (χ1n) is 5.24. The molecule has 0 fully saturated rings. The fraction of sp³-hybridized carbons (Fsp3) is 0.300. The van der Waals surface area contributed by atoms with E-state index in [1.807, 2.05) is 0 Å². The van der Waals surface area contributed by atoms with Gasteiger partial charge in [0.05, 0.1) is 11.4 Å². The highest BCUT2D eigenvalue weighted by atomic mass is 32.2. The molecule has 0 radical (unpaired) electrons. The molecule has 0 aliphatic carbocycles. The summed E-state index contributed by atoms with van der Waals surface area (Å²) in [6, 6.07) is 2.25. The third kappa shape index (κ3) is 3.38. The van der Waals surface area contributed by atoms with Gasteiger partial charge in [-0.2, -0.15) is 4.31 Å². The number of nitrogens with zero attached hydrogens (tertiary/aromatic N) is 2. The van der Waals surface area contributed by atoms with E-state index in [0.29, 0.717) is 6.07 Å². The molecule has 0 saturated heterocycles. The normalized spacial score (nSPS) is 12.9. The van der Waals surface area contributed by atoms with Crippen LogP contribution < -0.4 is 5.73 Å².